The van der Waals surface area contributed by atoms with Crippen LogP contribution in [0.1, 0.15) is 5.82 Å². The number of hydrogen-bond acceptors (Lipinski definition) is 4. The quantitative estimate of drug-likeness (QED) is 0.728. The molecule has 0 radical (unpaired) electrons. The minimum atomic E-state index is 0.207. The van der Waals surface area contributed by atoms with E-state index in [1.165, 1.54) is 6.26 Å². The molecule has 0 saturated heterocycles. The minimum Gasteiger partial charge on any atom is -0.452 e. The number of nitrogens with zero attached hydrogens (tertiary/aromatic N) is 2. The number of hydrogen-bond donors (Lipinski definition) is 0. The number of aromatic nitrogens is 2. The molecule has 0 atom stereocenters. The summed E-state index contributed by atoms with van der Waals surface area (Å²) in [5.41, 5.74) is 0.575. The van der Waals surface area contributed by atoms with E-state index in [9.17, 15) is 0 Å². The average Bonchev–Trinajstić information content (AvgIpc) is 2.71. The van der Waals surface area contributed by atoms with Gasteiger partial charge >= 0.3 is 0 Å². The highest BCUT2D eigenvalue weighted by Gasteiger charge is 2.13. The van der Waals surface area contributed by atoms with E-state index in [4.69, 9.17) is 32.1 Å². The lowest BCUT2D eigenvalue weighted by atomic mass is 10.3. The van der Waals surface area contributed by atoms with Gasteiger partial charge in [0.05, 0.1) is 17.7 Å². The van der Waals surface area contributed by atoms with Crippen LogP contribution in [0.15, 0.2) is 21.3 Å². The maximum Gasteiger partial charge on any atom is 0.262 e. The lowest BCUT2D eigenvalue weighted by molar-refractivity contribution is 0.424. The van der Waals surface area contributed by atoms with E-state index in [1.807, 2.05) is 0 Å². The number of rotatable bonds is 2. The van der Waals surface area contributed by atoms with Gasteiger partial charge in [-0.2, -0.15) is 4.98 Å². The van der Waals surface area contributed by atoms with E-state index in [1.54, 1.807) is 6.07 Å². The van der Waals surface area contributed by atoms with Crippen molar-refractivity contribution >= 4 is 23.2 Å². The van der Waals surface area contributed by atoms with Gasteiger partial charge in [0.25, 0.3) is 5.89 Å². The van der Waals surface area contributed by atoms with E-state index >= 15 is 0 Å². The van der Waals surface area contributed by atoms with Gasteiger partial charge in [0.2, 0.25) is 5.22 Å². The summed E-state index contributed by atoms with van der Waals surface area (Å²) in [6.45, 7) is 0. The molecule has 2 aromatic heterocycles. The van der Waals surface area contributed by atoms with Gasteiger partial charge in [-0.05, 0) is 17.7 Å². The second kappa shape index (κ2) is 3.40. The fourth-order valence-corrected chi connectivity index (χ4v) is 1.17. The van der Waals surface area contributed by atoms with Crippen molar-refractivity contribution in [3.63, 3.8) is 0 Å². The molecule has 6 heteroatoms. The molecule has 0 bridgehead atoms. The molecule has 0 aliphatic heterocycles. The summed E-state index contributed by atoms with van der Waals surface area (Å²) in [6, 6.07) is 1.65. The summed E-state index contributed by atoms with van der Waals surface area (Å²) >= 11 is 11.2. The Morgan fingerprint density at radius 3 is 2.85 bits per heavy atom. The third-order valence-corrected chi connectivity index (χ3v) is 1.97. The zero-order valence-corrected chi connectivity index (χ0v) is 7.84. The lowest BCUT2D eigenvalue weighted by Gasteiger charge is -1.85. The van der Waals surface area contributed by atoms with E-state index in [0.29, 0.717) is 17.3 Å². The Balaban J connectivity index is 2.41. The maximum absolute atomic E-state index is 5.70. The Labute approximate surface area is 83.4 Å². The van der Waals surface area contributed by atoms with Gasteiger partial charge in [0.15, 0.2) is 5.82 Å². The summed E-state index contributed by atoms with van der Waals surface area (Å²) < 4.78 is 9.76. The van der Waals surface area contributed by atoms with E-state index in [-0.39, 0.29) is 11.1 Å². The van der Waals surface area contributed by atoms with Crippen LogP contribution in [0.5, 0.6) is 0 Å². The smallest absolute Gasteiger partial charge is 0.262 e. The minimum absolute atomic E-state index is 0.207. The van der Waals surface area contributed by atoms with Crippen LogP contribution in [0.3, 0.4) is 0 Å². The predicted octanol–water partition coefficient (Wildman–Crippen LogP) is 2.72. The van der Waals surface area contributed by atoms with Crippen molar-refractivity contribution in [1.29, 1.82) is 0 Å². The highest BCUT2D eigenvalue weighted by molar-refractivity contribution is 6.31. The molecule has 13 heavy (non-hydrogen) atoms. The van der Waals surface area contributed by atoms with Gasteiger partial charge < -0.3 is 8.94 Å². The first-order valence-corrected chi connectivity index (χ1v) is 4.34. The first kappa shape index (κ1) is 8.59. The number of alkyl halides is 1. The molecule has 0 aliphatic carbocycles. The lowest BCUT2D eigenvalue weighted by Crippen LogP contribution is -1.79. The molecule has 68 valence electrons. The summed E-state index contributed by atoms with van der Waals surface area (Å²) in [4.78, 5) is 3.98. The largest absolute Gasteiger partial charge is 0.452 e. The predicted molar refractivity (Wildman–Crippen MR) is 46.6 cm³/mol. The zero-order valence-electron chi connectivity index (χ0n) is 6.33. The van der Waals surface area contributed by atoms with Crippen molar-refractivity contribution in [1.82, 2.24) is 10.1 Å². The van der Waals surface area contributed by atoms with Crippen LogP contribution in [0.4, 0.5) is 0 Å². The summed E-state index contributed by atoms with van der Waals surface area (Å²) in [7, 11) is 0. The second-order valence-electron chi connectivity index (χ2n) is 2.26. The molecule has 0 unspecified atom stereocenters. The SMILES string of the molecule is ClCc1noc(-c2ccoc2Cl)n1. The fourth-order valence-electron chi connectivity index (χ4n) is 0.864. The molecule has 0 fully saturated rings. The molecule has 0 amide bonds. The van der Waals surface area contributed by atoms with Crippen molar-refractivity contribution in [3.8, 4) is 11.5 Å². The van der Waals surface area contributed by atoms with Crippen LogP contribution in [0, 0.1) is 0 Å². The van der Waals surface area contributed by atoms with Crippen LogP contribution in [-0.2, 0) is 5.88 Å². The molecule has 0 aliphatic rings. The van der Waals surface area contributed by atoms with Crippen LogP contribution in [-0.4, -0.2) is 10.1 Å². The summed E-state index contributed by atoms with van der Waals surface area (Å²) in [5, 5.41) is 3.84. The Morgan fingerprint density at radius 2 is 2.31 bits per heavy atom. The summed E-state index contributed by atoms with van der Waals surface area (Å²) in [5.74, 6) is 0.947. The standard InChI is InChI=1S/C7H4Cl2N2O2/c8-3-5-10-7(13-11-5)4-1-2-12-6(4)9/h1-2H,3H2. The Bertz CT molecular complexity index is 410. The molecular weight excluding hydrogens is 215 g/mol. The topological polar surface area (TPSA) is 52.1 Å². The molecule has 0 spiro atoms. The molecule has 0 aromatic carbocycles. The van der Waals surface area contributed by atoms with Crippen molar-refractivity contribution < 1.29 is 8.94 Å². The zero-order chi connectivity index (χ0) is 9.26. The Morgan fingerprint density at radius 1 is 1.46 bits per heavy atom. The van der Waals surface area contributed by atoms with Crippen LogP contribution in [0.25, 0.3) is 11.5 Å². The first-order chi connectivity index (χ1) is 6.31. The molecule has 2 aromatic rings. The van der Waals surface area contributed by atoms with Gasteiger partial charge in [0, 0.05) is 0 Å². The Kier molecular flexibility index (Phi) is 2.24. The third-order valence-electron chi connectivity index (χ3n) is 1.44. The maximum atomic E-state index is 5.70. The van der Waals surface area contributed by atoms with Gasteiger partial charge in [-0.25, -0.2) is 0 Å². The molecular formula is C7H4Cl2N2O2. The molecule has 4 nitrogen and oxygen atoms in total. The van der Waals surface area contributed by atoms with E-state index < -0.39 is 0 Å². The third kappa shape index (κ3) is 1.55. The van der Waals surface area contributed by atoms with E-state index in [2.05, 4.69) is 10.1 Å². The number of halogens is 2. The Hall–Kier alpha value is -1.000. The van der Waals surface area contributed by atoms with Crippen molar-refractivity contribution in [2.24, 2.45) is 0 Å². The van der Waals surface area contributed by atoms with Crippen molar-refractivity contribution in [2.45, 2.75) is 5.88 Å². The molecule has 2 heterocycles. The average molecular weight is 219 g/mol. The van der Waals surface area contributed by atoms with Gasteiger partial charge in [-0.15, -0.1) is 11.6 Å². The molecule has 0 saturated carbocycles. The second-order valence-corrected chi connectivity index (χ2v) is 2.87. The van der Waals surface area contributed by atoms with Gasteiger partial charge in [-0.3, -0.25) is 0 Å². The van der Waals surface area contributed by atoms with Gasteiger partial charge in [0.1, 0.15) is 0 Å². The molecule has 0 N–H and O–H groups in total. The highest BCUT2D eigenvalue weighted by Crippen LogP contribution is 2.27. The number of furan rings is 1. The van der Waals surface area contributed by atoms with Crippen molar-refractivity contribution in [3.05, 3.63) is 23.4 Å². The first-order valence-electron chi connectivity index (χ1n) is 3.43. The van der Waals surface area contributed by atoms with Crippen LogP contribution < -0.4 is 0 Å². The monoisotopic (exact) mass is 218 g/mol. The van der Waals surface area contributed by atoms with Gasteiger partial charge in [-0.1, -0.05) is 5.16 Å². The van der Waals surface area contributed by atoms with Crippen molar-refractivity contribution in [2.75, 3.05) is 0 Å². The normalized spacial score (nSPS) is 10.6. The van der Waals surface area contributed by atoms with Crippen LogP contribution in [0.2, 0.25) is 5.22 Å². The van der Waals surface area contributed by atoms with Crippen LogP contribution >= 0.6 is 23.2 Å². The van der Waals surface area contributed by atoms with E-state index in [0.717, 1.165) is 0 Å². The molecule has 2 rings (SSSR count). The summed E-state index contributed by atoms with van der Waals surface area (Å²) in [6.07, 6.45) is 1.45. The highest BCUT2D eigenvalue weighted by atomic mass is 35.5. The fraction of sp³-hybridized carbons (Fsp3) is 0.143.